The van der Waals surface area contributed by atoms with Crippen molar-refractivity contribution in [2.45, 2.75) is 65.1 Å². The van der Waals surface area contributed by atoms with Gasteiger partial charge in [-0.15, -0.1) is 0 Å². The van der Waals surface area contributed by atoms with Crippen LogP contribution in [0.15, 0.2) is 16.5 Å². The number of nitrogens with zero attached hydrogens (tertiary/aromatic N) is 3. The second kappa shape index (κ2) is 8.37. The SMILES string of the molecule is CCN(CC)Cc1ccc(C(=O)N2CCC[C@H]2[C@H]2CCCN2CC)o1. The first-order valence-electron chi connectivity index (χ1n) is 10.0. The molecule has 0 aromatic carbocycles. The van der Waals surface area contributed by atoms with Crippen LogP contribution in [0.1, 0.15) is 62.8 Å². The average Bonchev–Trinajstić information content (AvgIpc) is 3.38. The third kappa shape index (κ3) is 3.93. The van der Waals surface area contributed by atoms with Crippen molar-refractivity contribution >= 4 is 5.91 Å². The Bertz CT molecular complexity index is 567. The van der Waals surface area contributed by atoms with Crippen LogP contribution < -0.4 is 0 Å². The lowest BCUT2D eigenvalue weighted by atomic mass is 10.0. The molecule has 3 rings (SSSR count). The molecule has 0 spiro atoms. The summed E-state index contributed by atoms with van der Waals surface area (Å²) in [6, 6.07) is 4.71. The first-order chi connectivity index (χ1) is 12.2. The van der Waals surface area contributed by atoms with Gasteiger partial charge in [0.2, 0.25) is 0 Å². The Balaban J connectivity index is 1.68. The first-order valence-corrected chi connectivity index (χ1v) is 10.0. The van der Waals surface area contributed by atoms with Gasteiger partial charge in [0, 0.05) is 18.6 Å². The van der Waals surface area contributed by atoms with Crippen LogP contribution in [-0.2, 0) is 6.54 Å². The summed E-state index contributed by atoms with van der Waals surface area (Å²) in [5.41, 5.74) is 0. The van der Waals surface area contributed by atoms with Crippen LogP contribution in [0.5, 0.6) is 0 Å². The van der Waals surface area contributed by atoms with E-state index >= 15 is 0 Å². The van der Waals surface area contributed by atoms with Crippen LogP contribution in [0.3, 0.4) is 0 Å². The number of amides is 1. The summed E-state index contributed by atoms with van der Waals surface area (Å²) < 4.78 is 5.91. The van der Waals surface area contributed by atoms with E-state index in [1.54, 1.807) is 0 Å². The number of likely N-dealkylation sites (N-methyl/N-ethyl adjacent to an activating group) is 1. The van der Waals surface area contributed by atoms with Gasteiger partial charge in [-0.05, 0) is 64.0 Å². The van der Waals surface area contributed by atoms with Crippen molar-refractivity contribution in [1.82, 2.24) is 14.7 Å². The number of likely N-dealkylation sites (tertiary alicyclic amines) is 2. The minimum absolute atomic E-state index is 0.0799. The summed E-state index contributed by atoms with van der Waals surface area (Å²) >= 11 is 0. The molecule has 2 atom stereocenters. The molecule has 0 unspecified atom stereocenters. The molecule has 25 heavy (non-hydrogen) atoms. The van der Waals surface area contributed by atoms with Gasteiger partial charge in [-0.25, -0.2) is 0 Å². The molecular weight excluding hydrogens is 314 g/mol. The van der Waals surface area contributed by atoms with E-state index in [-0.39, 0.29) is 5.91 Å². The predicted molar refractivity (Wildman–Crippen MR) is 99.7 cm³/mol. The molecule has 1 aromatic heterocycles. The fourth-order valence-corrected chi connectivity index (χ4v) is 4.51. The first kappa shape index (κ1) is 18.5. The largest absolute Gasteiger partial charge is 0.455 e. The summed E-state index contributed by atoms with van der Waals surface area (Å²) in [5, 5.41) is 0. The fraction of sp³-hybridized carbons (Fsp3) is 0.750. The number of rotatable bonds is 7. The van der Waals surface area contributed by atoms with Crippen molar-refractivity contribution in [1.29, 1.82) is 0 Å². The second-order valence-corrected chi connectivity index (χ2v) is 7.27. The summed E-state index contributed by atoms with van der Waals surface area (Å²) in [4.78, 5) is 20.0. The van der Waals surface area contributed by atoms with Gasteiger partial charge in [-0.2, -0.15) is 0 Å². The molecule has 0 N–H and O–H groups in total. The summed E-state index contributed by atoms with van der Waals surface area (Å²) in [5.74, 6) is 1.48. The van der Waals surface area contributed by atoms with E-state index in [0.717, 1.165) is 51.3 Å². The molecule has 2 aliphatic heterocycles. The highest BCUT2D eigenvalue weighted by Crippen LogP contribution is 2.31. The van der Waals surface area contributed by atoms with Gasteiger partial charge in [-0.3, -0.25) is 14.6 Å². The van der Waals surface area contributed by atoms with Crippen molar-refractivity contribution in [3.63, 3.8) is 0 Å². The molecule has 5 heteroatoms. The van der Waals surface area contributed by atoms with Crippen molar-refractivity contribution in [3.8, 4) is 0 Å². The molecule has 0 aliphatic carbocycles. The maximum absolute atomic E-state index is 13.0. The van der Waals surface area contributed by atoms with Crippen LogP contribution >= 0.6 is 0 Å². The number of furan rings is 1. The van der Waals surface area contributed by atoms with Crippen LogP contribution in [0.2, 0.25) is 0 Å². The lowest BCUT2D eigenvalue weighted by Crippen LogP contribution is -2.48. The second-order valence-electron chi connectivity index (χ2n) is 7.27. The Labute approximate surface area is 151 Å². The van der Waals surface area contributed by atoms with E-state index < -0.39 is 0 Å². The zero-order valence-electron chi connectivity index (χ0n) is 16.0. The van der Waals surface area contributed by atoms with Gasteiger partial charge in [-0.1, -0.05) is 20.8 Å². The van der Waals surface area contributed by atoms with Crippen LogP contribution in [-0.4, -0.2) is 65.4 Å². The molecule has 1 amide bonds. The zero-order chi connectivity index (χ0) is 17.8. The Hall–Kier alpha value is -1.33. The Morgan fingerprint density at radius 3 is 2.56 bits per heavy atom. The Morgan fingerprint density at radius 2 is 1.84 bits per heavy atom. The molecule has 0 radical (unpaired) electrons. The molecule has 140 valence electrons. The van der Waals surface area contributed by atoms with Crippen molar-refractivity contribution in [3.05, 3.63) is 23.7 Å². The fourth-order valence-electron chi connectivity index (χ4n) is 4.51. The summed E-state index contributed by atoms with van der Waals surface area (Å²) in [7, 11) is 0. The van der Waals surface area contributed by atoms with E-state index in [4.69, 9.17) is 4.42 Å². The van der Waals surface area contributed by atoms with Crippen LogP contribution in [0.25, 0.3) is 0 Å². The number of hydrogen-bond acceptors (Lipinski definition) is 4. The van der Waals surface area contributed by atoms with Gasteiger partial charge in [0.25, 0.3) is 5.91 Å². The predicted octanol–water partition coefficient (Wildman–Crippen LogP) is 3.21. The minimum Gasteiger partial charge on any atom is -0.455 e. The van der Waals surface area contributed by atoms with Gasteiger partial charge < -0.3 is 9.32 Å². The Morgan fingerprint density at radius 1 is 1.12 bits per heavy atom. The smallest absolute Gasteiger partial charge is 0.289 e. The molecule has 1 aromatic rings. The highest BCUT2D eigenvalue weighted by molar-refractivity contribution is 5.92. The normalized spacial score (nSPS) is 24.6. The summed E-state index contributed by atoms with van der Waals surface area (Å²) in [6.45, 7) is 12.4. The van der Waals surface area contributed by atoms with Gasteiger partial charge in [0.15, 0.2) is 5.76 Å². The number of hydrogen-bond donors (Lipinski definition) is 0. The zero-order valence-corrected chi connectivity index (χ0v) is 16.0. The van der Waals surface area contributed by atoms with E-state index in [2.05, 4.69) is 35.5 Å². The van der Waals surface area contributed by atoms with Gasteiger partial charge >= 0.3 is 0 Å². The van der Waals surface area contributed by atoms with Gasteiger partial charge in [0.05, 0.1) is 6.54 Å². The molecule has 0 saturated carbocycles. The Kier molecular flexibility index (Phi) is 6.18. The number of carbonyl (C=O) groups excluding carboxylic acids is 1. The van der Waals surface area contributed by atoms with Crippen LogP contribution in [0, 0.1) is 0 Å². The average molecular weight is 348 g/mol. The maximum atomic E-state index is 13.0. The third-order valence-electron chi connectivity index (χ3n) is 5.97. The van der Waals surface area contributed by atoms with E-state index in [1.807, 2.05) is 12.1 Å². The van der Waals surface area contributed by atoms with Gasteiger partial charge in [0.1, 0.15) is 5.76 Å². The minimum atomic E-state index is 0.0799. The lowest BCUT2D eigenvalue weighted by molar-refractivity contribution is 0.0615. The highest BCUT2D eigenvalue weighted by Gasteiger charge is 2.40. The molecule has 5 nitrogen and oxygen atoms in total. The molecule has 2 fully saturated rings. The summed E-state index contributed by atoms with van der Waals surface area (Å²) in [6.07, 6.45) is 4.71. The molecular formula is C20H33N3O2. The van der Waals surface area contributed by atoms with E-state index in [9.17, 15) is 4.79 Å². The number of carbonyl (C=O) groups is 1. The van der Waals surface area contributed by atoms with E-state index in [1.165, 1.54) is 19.4 Å². The van der Waals surface area contributed by atoms with E-state index in [0.29, 0.717) is 17.8 Å². The maximum Gasteiger partial charge on any atom is 0.289 e. The van der Waals surface area contributed by atoms with Crippen molar-refractivity contribution in [2.24, 2.45) is 0 Å². The topological polar surface area (TPSA) is 39.9 Å². The van der Waals surface area contributed by atoms with Crippen LogP contribution in [0.4, 0.5) is 0 Å². The molecule has 2 aliphatic rings. The molecule has 2 saturated heterocycles. The quantitative estimate of drug-likeness (QED) is 0.759. The monoisotopic (exact) mass is 347 g/mol. The van der Waals surface area contributed by atoms with Crippen molar-refractivity contribution < 1.29 is 9.21 Å². The standard InChI is InChI=1S/C20H33N3O2/c1-4-21(5-2)15-16-11-12-19(25-16)20(24)23-14-8-10-18(23)17-9-7-13-22(17)6-3/h11-12,17-18H,4-10,13-15H2,1-3H3/t17-,18+/m1/s1. The van der Waals surface area contributed by atoms with Crippen molar-refractivity contribution in [2.75, 3.05) is 32.7 Å². The lowest BCUT2D eigenvalue weighted by Gasteiger charge is -2.34. The molecule has 0 bridgehead atoms. The third-order valence-corrected chi connectivity index (χ3v) is 5.97. The highest BCUT2D eigenvalue weighted by atomic mass is 16.4. The molecule has 3 heterocycles.